The average Bonchev–Trinajstić information content (AvgIpc) is 2.11. The van der Waals surface area contributed by atoms with E-state index in [1.54, 1.807) is 6.92 Å². The highest BCUT2D eigenvalue weighted by Gasteiger charge is 2.22. The van der Waals surface area contributed by atoms with Crippen LogP contribution in [0.4, 0.5) is 0 Å². The third kappa shape index (κ3) is 10.1. The Kier molecular flexibility index (Phi) is 7.05. The number of rotatable bonds is 5. The van der Waals surface area contributed by atoms with Gasteiger partial charge >= 0.3 is 11.9 Å². The van der Waals surface area contributed by atoms with Crippen LogP contribution in [0.3, 0.4) is 0 Å². The fraction of sp³-hybridized carbons (Fsp3) is 0.750. The van der Waals surface area contributed by atoms with E-state index in [2.05, 4.69) is 9.47 Å². The first-order valence-electron chi connectivity index (χ1n) is 4.23. The van der Waals surface area contributed by atoms with Gasteiger partial charge in [-0.05, 0) is 6.92 Å². The summed E-state index contributed by atoms with van der Waals surface area (Å²) >= 11 is 16.1. The molecule has 0 saturated carbocycles. The predicted molar refractivity (Wildman–Crippen MR) is 57.1 cm³/mol. The van der Waals surface area contributed by atoms with E-state index < -0.39 is 15.7 Å². The Bertz CT molecular complexity index is 224. The smallest absolute Gasteiger partial charge is 0.306 e. The minimum Gasteiger partial charge on any atom is -0.466 e. The van der Waals surface area contributed by atoms with Crippen LogP contribution in [0.15, 0.2) is 0 Å². The van der Waals surface area contributed by atoms with Crippen LogP contribution in [-0.2, 0) is 19.1 Å². The van der Waals surface area contributed by atoms with E-state index in [0.29, 0.717) is 0 Å². The summed E-state index contributed by atoms with van der Waals surface area (Å²) < 4.78 is 7.58. The first kappa shape index (κ1) is 14.8. The van der Waals surface area contributed by atoms with Gasteiger partial charge in [-0.1, -0.05) is 34.8 Å². The highest BCUT2D eigenvalue weighted by atomic mass is 35.6. The van der Waals surface area contributed by atoms with Crippen LogP contribution in [0.25, 0.3) is 0 Å². The Morgan fingerprint density at radius 1 is 1.07 bits per heavy atom. The van der Waals surface area contributed by atoms with Gasteiger partial charge in [-0.3, -0.25) is 9.59 Å². The van der Waals surface area contributed by atoms with Gasteiger partial charge in [0.1, 0.15) is 6.61 Å². The van der Waals surface area contributed by atoms with Crippen molar-refractivity contribution in [1.29, 1.82) is 0 Å². The lowest BCUT2D eigenvalue weighted by Crippen LogP contribution is -2.18. The molecular formula is C8H11Cl3O4. The van der Waals surface area contributed by atoms with Gasteiger partial charge in [0.25, 0.3) is 0 Å². The van der Waals surface area contributed by atoms with Crippen molar-refractivity contribution in [3.63, 3.8) is 0 Å². The van der Waals surface area contributed by atoms with Gasteiger partial charge in [0.15, 0.2) is 0 Å². The zero-order valence-corrected chi connectivity index (χ0v) is 10.4. The van der Waals surface area contributed by atoms with Crippen molar-refractivity contribution in [2.24, 2.45) is 0 Å². The summed E-state index contributed by atoms with van der Waals surface area (Å²) in [6, 6.07) is 0. The molecule has 88 valence electrons. The average molecular weight is 278 g/mol. The molecule has 0 rings (SSSR count). The number of hydrogen-bond donors (Lipinski definition) is 0. The topological polar surface area (TPSA) is 52.6 Å². The van der Waals surface area contributed by atoms with E-state index in [9.17, 15) is 9.59 Å². The second-order valence-corrected chi connectivity index (χ2v) is 5.10. The van der Waals surface area contributed by atoms with Crippen LogP contribution in [0.5, 0.6) is 0 Å². The van der Waals surface area contributed by atoms with Gasteiger partial charge in [-0.25, -0.2) is 0 Å². The third-order valence-corrected chi connectivity index (χ3v) is 1.56. The molecule has 0 aliphatic rings. The molecule has 0 aliphatic heterocycles. The Morgan fingerprint density at radius 3 is 1.93 bits per heavy atom. The van der Waals surface area contributed by atoms with Crippen molar-refractivity contribution in [1.82, 2.24) is 0 Å². The number of ether oxygens (including phenoxy) is 2. The molecule has 15 heavy (non-hydrogen) atoms. The molecule has 0 amide bonds. The molecule has 0 aromatic heterocycles. The fourth-order valence-corrected chi connectivity index (χ4v) is 0.835. The highest BCUT2D eigenvalue weighted by molar-refractivity contribution is 6.67. The maximum absolute atomic E-state index is 11.0. The monoisotopic (exact) mass is 276 g/mol. The molecular weight excluding hydrogens is 266 g/mol. The summed E-state index contributed by atoms with van der Waals surface area (Å²) in [5.74, 6) is -1.06. The normalized spacial score (nSPS) is 10.9. The Morgan fingerprint density at radius 2 is 1.53 bits per heavy atom. The molecule has 0 atom stereocenters. The molecule has 0 spiro atoms. The minimum atomic E-state index is -1.63. The number of halogens is 3. The molecule has 7 heteroatoms. The van der Waals surface area contributed by atoms with Crippen LogP contribution in [-0.4, -0.2) is 28.9 Å². The molecule has 0 saturated heterocycles. The molecule has 0 bridgehead atoms. The molecule has 0 radical (unpaired) electrons. The first-order chi connectivity index (χ1) is 6.85. The number of hydrogen-bond acceptors (Lipinski definition) is 4. The van der Waals surface area contributed by atoms with E-state index in [0.717, 1.165) is 0 Å². The van der Waals surface area contributed by atoms with Gasteiger partial charge in [-0.2, -0.15) is 0 Å². The van der Waals surface area contributed by atoms with E-state index >= 15 is 0 Å². The van der Waals surface area contributed by atoms with Gasteiger partial charge in [-0.15, -0.1) is 0 Å². The summed E-state index contributed by atoms with van der Waals surface area (Å²) in [6.45, 7) is 1.63. The second-order valence-electron chi connectivity index (χ2n) is 2.58. The van der Waals surface area contributed by atoms with Crippen LogP contribution < -0.4 is 0 Å². The van der Waals surface area contributed by atoms with Gasteiger partial charge in [0.05, 0.1) is 19.4 Å². The van der Waals surface area contributed by atoms with E-state index in [-0.39, 0.29) is 26.1 Å². The summed E-state index contributed by atoms with van der Waals surface area (Å²) in [6.07, 6.45) is -0.119. The highest BCUT2D eigenvalue weighted by Crippen LogP contribution is 2.26. The number of esters is 2. The molecule has 0 unspecified atom stereocenters. The van der Waals surface area contributed by atoms with Crippen molar-refractivity contribution in [3.05, 3.63) is 0 Å². The lowest BCUT2D eigenvalue weighted by atomic mass is 10.3. The molecule has 0 N–H and O–H groups in total. The summed E-state index contributed by atoms with van der Waals surface area (Å²) in [5.41, 5.74) is 0. The second kappa shape index (κ2) is 7.14. The molecule has 0 aromatic carbocycles. The zero-order chi connectivity index (χ0) is 11.9. The zero-order valence-electron chi connectivity index (χ0n) is 8.10. The molecule has 0 heterocycles. The van der Waals surface area contributed by atoms with Gasteiger partial charge in [0, 0.05) is 0 Å². The largest absolute Gasteiger partial charge is 0.466 e. The van der Waals surface area contributed by atoms with Crippen molar-refractivity contribution in [2.45, 2.75) is 23.6 Å². The number of carbonyl (C=O) groups excluding carboxylic acids is 2. The predicted octanol–water partition coefficient (Wildman–Crippen LogP) is 2.24. The first-order valence-corrected chi connectivity index (χ1v) is 5.36. The van der Waals surface area contributed by atoms with Crippen molar-refractivity contribution in [2.75, 3.05) is 13.2 Å². The Hall–Kier alpha value is -0.190. The Labute approximate surface area is 103 Å². The summed E-state index contributed by atoms with van der Waals surface area (Å²) in [4.78, 5) is 21.8. The third-order valence-electron chi connectivity index (χ3n) is 1.24. The van der Waals surface area contributed by atoms with Crippen LogP contribution >= 0.6 is 34.8 Å². The molecule has 0 fully saturated rings. The number of alkyl halides is 3. The maximum Gasteiger partial charge on any atom is 0.306 e. The quantitative estimate of drug-likeness (QED) is 0.571. The van der Waals surface area contributed by atoms with Crippen molar-refractivity contribution in [3.8, 4) is 0 Å². The van der Waals surface area contributed by atoms with E-state index in [1.807, 2.05) is 0 Å². The SMILES string of the molecule is CCOC(=O)CCC(=O)OCC(Cl)(Cl)Cl. The lowest BCUT2D eigenvalue weighted by molar-refractivity contribution is -0.150. The van der Waals surface area contributed by atoms with Crippen LogP contribution in [0.1, 0.15) is 19.8 Å². The lowest BCUT2D eigenvalue weighted by Gasteiger charge is -2.10. The molecule has 0 aliphatic carbocycles. The maximum atomic E-state index is 11.0. The van der Waals surface area contributed by atoms with Crippen molar-refractivity contribution >= 4 is 46.7 Å². The summed E-state index contributed by atoms with van der Waals surface area (Å²) in [7, 11) is 0. The fourth-order valence-electron chi connectivity index (χ4n) is 0.672. The van der Waals surface area contributed by atoms with Gasteiger partial charge < -0.3 is 9.47 Å². The Balaban J connectivity index is 3.62. The standard InChI is InChI=1S/C8H11Cl3O4/c1-2-14-6(12)3-4-7(13)15-5-8(9,10)11/h2-5H2,1H3. The van der Waals surface area contributed by atoms with E-state index in [1.165, 1.54) is 0 Å². The molecule has 0 aromatic rings. The van der Waals surface area contributed by atoms with Gasteiger partial charge in [0.2, 0.25) is 3.79 Å². The minimum absolute atomic E-state index is 0.0352. The van der Waals surface area contributed by atoms with Crippen LogP contribution in [0, 0.1) is 0 Å². The van der Waals surface area contributed by atoms with E-state index in [4.69, 9.17) is 34.8 Å². The number of carbonyl (C=O) groups is 2. The molecule has 4 nitrogen and oxygen atoms in total. The summed E-state index contributed by atoms with van der Waals surface area (Å²) in [5, 5.41) is 0. The van der Waals surface area contributed by atoms with Crippen molar-refractivity contribution < 1.29 is 19.1 Å². The van der Waals surface area contributed by atoms with Crippen LogP contribution in [0.2, 0.25) is 0 Å².